The van der Waals surface area contributed by atoms with Gasteiger partial charge < -0.3 is 14.7 Å². The first-order chi connectivity index (χ1) is 9.95. The minimum absolute atomic E-state index is 0.0214. The van der Waals surface area contributed by atoms with Crippen LogP contribution in [0.1, 0.15) is 28.7 Å². The van der Waals surface area contributed by atoms with E-state index >= 15 is 0 Å². The van der Waals surface area contributed by atoms with E-state index in [-0.39, 0.29) is 17.7 Å². The number of nitrogens with zero attached hydrogens (tertiary/aromatic N) is 2. The number of nitrogens with one attached hydrogen (secondary N) is 1. The first kappa shape index (κ1) is 15.1. The number of hydrogen-bond acceptors (Lipinski definition) is 4. The van der Waals surface area contributed by atoms with Crippen molar-refractivity contribution in [1.29, 1.82) is 0 Å². The van der Waals surface area contributed by atoms with Crippen LogP contribution in [0.5, 0.6) is 0 Å². The number of carbonyl (C=O) groups is 1. The van der Waals surface area contributed by atoms with Crippen LogP contribution in [0.2, 0.25) is 0 Å². The Morgan fingerprint density at radius 3 is 2.52 bits per heavy atom. The van der Waals surface area contributed by atoms with Gasteiger partial charge in [0.1, 0.15) is 0 Å². The maximum atomic E-state index is 12.0. The number of hydrogen-bond donors (Lipinski definition) is 1. The van der Waals surface area contributed by atoms with Crippen LogP contribution in [0.4, 0.5) is 5.69 Å². The molecule has 1 atom stereocenters. The van der Waals surface area contributed by atoms with Gasteiger partial charge in [-0.3, -0.25) is 4.79 Å². The van der Waals surface area contributed by atoms with Gasteiger partial charge in [-0.05, 0) is 38.0 Å². The minimum Gasteiger partial charge on any atom is -0.378 e. The molecule has 0 saturated heterocycles. The number of carbonyl (C=O) groups excluding carboxylic acids is 1. The fourth-order valence-corrected chi connectivity index (χ4v) is 2.10. The van der Waals surface area contributed by atoms with Crippen molar-refractivity contribution in [3.05, 3.63) is 47.3 Å². The molecule has 2 rings (SSSR count). The average Bonchev–Trinajstić information content (AvgIpc) is 2.86. The summed E-state index contributed by atoms with van der Waals surface area (Å²) in [6, 6.07) is 9.96. The fourth-order valence-electron chi connectivity index (χ4n) is 2.10. The van der Waals surface area contributed by atoms with Gasteiger partial charge in [0, 0.05) is 31.9 Å². The van der Waals surface area contributed by atoms with Crippen molar-refractivity contribution in [1.82, 2.24) is 10.5 Å². The molecule has 0 aliphatic carbocycles. The third kappa shape index (κ3) is 4.08. The smallest absolute Gasteiger partial charge is 0.290 e. The van der Waals surface area contributed by atoms with E-state index in [2.05, 4.69) is 39.6 Å². The topological polar surface area (TPSA) is 58.4 Å². The molecule has 1 aromatic heterocycles. The molecule has 112 valence electrons. The summed E-state index contributed by atoms with van der Waals surface area (Å²) in [5, 5.41) is 6.63. The van der Waals surface area contributed by atoms with Crippen LogP contribution >= 0.6 is 0 Å². The highest BCUT2D eigenvalue weighted by molar-refractivity contribution is 5.91. The van der Waals surface area contributed by atoms with Crippen molar-refractivity contribution in [3.8, 4) is 0 Å². The molecule has 1 amide bonds. The molecule has 0 saturated carbocycles. The summed E-state index contributed by atoms with van der Waals surface area (Å²) in [6.07, 6.45) is 0.770. The molecule has 0 aliphatic rings. The van der Waals surface area contributed by atoms with E-state index in [1.807, 2.05) is 21.0 Å². The first-order valence-corrected chi connectivity index (χ1v) is 6.96. The van der Waals surface area contributed by atoms with Gasteiger partial charge in [-0.25, -0.2) is 0 Å². The Morgan fingerprint density at radius 1 is 1.33 bits per heavy atom. The van der Waals surface area contributed by atoms with Gasteiger partial charge in [0.25, 0.3) is 5.91 Å². The molecule has 0 bridgehead atoms. The van der Waals surface area contributed by atoms with E-state index in [0.29, 0.717) is 5.69 Å². The maximum absolute atomic E-state index is 12.0. The SMILES string of the molecule is Cc1cc(C(=O)NC(C)Cc2ccc(N(C)C)cc2)on1. The Balaban J connectivity index is 1.92. The van der Waals surface area contributed by atoms with Crippen molar-refractivity contribution in [2.75, 3.05) is 19.0 Å². The van der Waals surface area contributed by atoms with Crippen molar-refractivity contribution in [2.45, 2.75) is 26.3 Å². The fraction of sp³-hybridized carbons (Fsp3) is 0.375. The van der Waals surface area contributed by atoms with Crippen molar-refractivity contribution >= 4 is 11.6 Å². The van der Waals surface area contributed by atoms with Gasteiger partial charge in [-0.1, -0.05) is 17.3 Å². The zero-order valence-corrected chi connectivity index (χ0v) is 12.9. The molecule has 1 unspecified atom stereocenters. The second kappa shape index (κ2) is 6.43. The summed E-state index contributed by atoms with van der Waals surface area (Å²) in [7, 11) is 4.02. The van der Waals surface area contributed by atoms with E-state index in [0.717, 1.165) is 12.1 Å². The van der Waals surface area contributed by atoms with Crippen LogP contribution in [-0.2, 0) is 6.42 Å². The van der Waals surface area contributed by atoms with E-state index in [9.17, 15) is 4.79 Å². The Labute approximate surface area is 124 Å². The van der Waals surface area contributed by atoms with Crippen molar-refractivity contribution < 1.29 is 9.32 Å². The lowest BCUT2D eigenvalue weighted by molar-refractivity contribution is 0.0903. The Morgan fingerprint density at radius 2 is 2.00 bits per heavy atom. The van der Waals surface area contributed by atoms with E-state index in [4.69, 9.17) is 4.52 Å². The molecule has 1 aromatic carbocycles. The molecule has 2 aromatic rings. The molecule has 0 radical (unpaired) electrons. The van der Waals surface area contributed by atoms with Gasteiger partial charge in [0.05, 0.1) is 5.69 Å². The highest BCUT2D eigenvalue weighted by Crippen LogP contribution is 2.13. The van der Waals surface area contributed by atoms with Crippen LogP contribution < -0.4 is 10.2 Å². The molecular formula is C16H21N3O2. The predicted molar refractivity (Wildman–Crippen MR) is 82.6 cm³/mol. The van der Waals surface area contributed by atoms with E-state index in [1.54, 1.807) is 13.0 Å². The lowest BCUT2D eigenvalue weighted by Gasteiger charge is -2.15. The lowest BCUT2D eigenvalue weighted by Crippen LogP contribution is -2.33. The summed E-state index contributed by atoms with van der Waals surface area (Å²) < 4.78 is 4.95. The quantitative estimate of drug-likeness (QED) is 0.917. The number of amides is 1. The standard InChI is InChI=1S/C16H21N3O2/c1-11(17-16(20)15-10-12(2)18-21-15)9-13-5-7-14(8-6-13)19(3)4/h5-8,10-11H,9H2,1-4H3,(H,17,20). The molecule has 0 spiro atoms. The molecule has 0 aliphatic heterocycles. The van der Waals surface area contributed by atoms with E-state index < -0.39 is 0 Å². The second-order valence-electron chi connectivity index (χ2n) is 5.47. The summed E-state index contributed by atoms with van der Waals surface area (Å²) in [6.45, 7) is 3.76. The zero-order valence-electron chi connectivity index (χ0n) is 12.9. The second-order valence-corrected chi connectivity index (χ2v) is 5.47. The van der Waals surface area contributed by atoms with Crippen molar-refractivity contribution in [2.24, 2.45) is 0 Å². The molecule has 21 heavy (non-hydrogen) atoms. The van der Waals surface area contributed by atoms with Gasteiger partial charge >= 0.3 is 0 Å². The normalized spacial score (nSPS) is 12.0. The summed E-state index contributed by atoms with van der Waals surface area (Å²) in [5.74, 6) is 0.0234. The van der Waals surface area contributed by atoms with Crippen LogP contribution in [0.25, 0.3) is 0 Å². The number of anilines is 1. The minimum atomic E-state index is -0.229. The number of benzene rings is 1. The number of rotatable bonds is 5. The first-order valence-electron chi connectivity index (χ1n) is 6.96. The third-order valence-electron chi connectivity index (χ3n) is 3.22. The molecule has 1 N–H and O–H groups in total. The lowest BCUT2D eigenvalue weighted by atomic mass is 10.1. The molecule has 5 heteroatoms. The van der Waals surface area contributed by atoms with E-state index in [1.165, 1.54) is 5.56 Å². The summed E-state index contributed by atoms with van der Waals surface area (Å²) in [5.41, 5.74) is 3.04. The average molecular weight is 287 g/mol. The molecule has 5 nitrogen and oxygen atoms in total. The largest absolute Gasteiger partial charge is 0.378 e. The van der Waals surface area contributed by atoms with Gasteiger partial charge in [0.15, 0.2) is 0 Å². The highest BCUT2D eigenvalue weighted by Gasteiger charge is 2.14. The Kier molecular flexibility index (Phi) is 4.62. The summed E-state index contributed by atoms with van der Waals surface area (Å²) in [4.78, 5) is 14.0. The Hall–Kier alpha value is -2.30. The van der Waals surface area contributed by atoms with Crippen LogP contribution in [0.3, 0.4) is 0 Å². The molecule has 0 fully saturated rings. The van der Waals surface area contributed by atoms with Gasteiger partial charge in [-0.2, -0.15) is 0 Å². The van der Waals surface area contributed by atoms with Crippen LogP contribution in [-0.4, -0.2) is 31.2 Å². The van der Waals surface area contributed by atoms with Crippen LogP contribution in [0, 0.1) is 6.92 Å². The molecule has 1 heterocycles. The van der Waals surface area contributed by atoms with Gasteiger partial charge in [-0.15, -0.1) is 0 Å². The monoisotopic (exact) mass is 287 g/mol. The number of aryl methyl sites for hydroxylation is 1. The summed E-state index contributed by atoms with van der Waals surface area (Å²) >= 11 is 0. The molecular weight excluding hydrogens is 266 g/mol. The maximum Gasteiger partial charge on any atom is 0.290 e. The zero-order chi connectivity index (χ0) is 15.4. The van der Waals surface area contributed by atoms with Gasteiger partial charge in [0.2, 0.25) is 5.76 Å². The Bertz CT molecular complexity index is 602. The predicted octanol–water partition coefficient (Wildman–Crippen LogP) is 2.41. The third-order valence-corrected chi connectivity index (χ3v) is 3.22. The highest BCUT2D eigenvalue weighted by atomic mass is 16.5. The van der Waals surface area contributed by atoms with Crippen molar-refractivity contribution in [3.63, 3.8) is 0 Å². The number of aromatic nitrogens is 1. The van der Waals surface area contributed by atoms with Crippen LogP contribution in [0.15, 0.2) is 34.9 Å².